The van der Waals surface area contributed by atoms with E-state index in [2.05, 4.69) is 4.90 Å². The number of piperidine rings is 1. The Morgan fingerprint density at radius 1 is 1.05 bits per heavy atom. The van der Waals surface area contributed by atoms with Gasteiger partial charge in [0.05, 0.1) is 6.61 Å². The molecule has 1 aliphatic heterocycles. The molecule has 0 atom stereocenters. The van der Waals surface area contributed by atoms with E-state index in [-0.39, 0.29) is 6.42 Å². The Balaban J connectivity index is 0.000000637. The molecule has 0 bridgehead atoms. The minimum absolute atomic E-state index is 0.136. The average molecular weight is 275 g/mol. The maximum atomic E-state index is 13.2. The number of halogens is 2. The Morgan fingerprint density at radius 2 is 1.58 bits per heavy atom. The quantitative estimate of drug-likeness (QED) is 0.778. The number of hydrogen-bond donors (Lipinski definition) is 0. The second kappa shape index (κ2) is 5.28. The van der Waals surface area contributed by atoms with Gasteiger partial charge in [0.1, 0.15) is 0 Å². The number of hydrogen-bond acceptors (Lipinski definition) is 2. The second-order valence-corrected chi connectivity index (χ2v) is 6.37. The lowest BCUT2D eigenvalue weighted by molar-refractivity contribution is 0.0226. The fourth-order valence-corrected chi connectivity index (χ4v) is 3.37. The van der Waals surface area contributed by atoms with E-state index in [9.17, 15) is 8.78 Å². The van der Waals surface area contributed by atoms with Gasteiger partial charge in [0, 0.05) is 30.9 Å². The van der Waals surface area contributed by atoms with Crippen LogP contribution in [-0.4, -0.2) is 44.2 Å². The molecule has 0 N–H and O–H groups in total. The predicted octanol–water partition coefficient (Wildman–Crippen LogP) is 3.56. The van der Waals surface area contributed by atoms with Crippen molar-refractivity contribution in [2.75, 3.05) is 33.4 Å². The number of ether oxygens (including phenoxy) is 1. The van der Waals surface area contributed by atoms with Gasteiger partial charge in [-0.05, 0) is 38.8 Å². The Labute approximate surface area is 115 Å². The maximum Gasteiger partial charge on any atom is 0.254 e. The summed E-state index contributed by atoms with van der Waals surface area (Å²) in [5, 5.41) is 0. The van der Waals surface area contributed by atoms with Gasteiger partial charge in [-0.15, -0.1) is 0 Å². The number of rotatable bonds is 4. The Hall–Kier alpha value is -0.220. The molecule has 3 rings (SSSR count). The molecule has 0 aromatic heterocycles. The number of methoxy groups -OCH3 is 1. The van der Waals surface area contributed by atoms with Crippen molar-refractivity contribution in [2.45, 2.75) is 51.9 Å². The highest BCUT2D eigenvalue weighted by Crippen LogP contribution is 2.66. The lowest BCUT2D eigenvalue weighted by atomic mass is 9.92. The molecule has 2 nitrogen and oxygen atoms in total. The SMILES string of the molecule is CC.COCC1(CN2CCC3(CC2)CC3(F)F)CC1. The molecular formula is C15H27F2NO. The van der Waals surface area contributed by atoms with Gasteiger partial charge >= 0.3 is 0 Å². The molecule has 1 heterocycles. The summed E-state index contributed by atoms with van der Waals surface area (Å²) in [4.78, 5) is 2.37. The third-order valence-corrected chi connectivity index (χ3v) is 4.99. The van der Waals surface area contributed by atoms with Crippen molar-refractivity contribution in [3.63, 3.8) is 0 Å². The normalized spacial score (nSPS) is 29.5. The van der Waals surface area contributed by atoms with Gasteiger partial charge in [-0.1, -0.05) is 13.8 Å². The fourth-order valence-electron chi connectivity index (χ4n) is 3.37. The molecule has 1 saturated heterocycles. The van der Waals surface area contributed by atoms with E-state index in [0.29, 0.717) is 18.3 Å². The van der Waals surface area contributed by atoms with Crippen LogP contribution < -0.4 is 0 Å². The maximum absolute atomic E-state index is 13.2. The van der Waals surface area contributed by atoms with Crippen LogP contribution in [0.15, 0.2) is 0 Å². The first-order valence-corrected chi connectivity index (χ1v) is 7.60. The molecule has 3 fully saturated rings. The van der Waals surface area contributed by atoms with Crippen LogP contribution in [-0.2, 0) is 4.74 Å². The van der Waals surface area contributed by atoms with Crippen LogP contribution in [0, 0.1) is 10.8 Å². The molecule has 0 amide bonds. The molecule has 2 aliphatic carbocycles. The third-order valence-electron chi connectivity index (χ3n) is 4.99. The summed E-state index contributed by atoms with van der Waals surface area (Å²) >= 11 is 0. The van der Waals surface area contributed by atoms with E-state index < -0.39 is 11.3 Å². The zero-order chi connectivity index (χ0) is 14.1. The summed E-state index contributed by atoms with van der Waals surface area (Å²) in [6.45, 7) is 7.56. The number of nitrogens with zero attached hydrogens (tertiary/aromatic N) is 1. The van der Waals surface area contributed by atoms with E-state index >= 15 is 0 Å². The van der Waals surface area contributed by atoms with Crippen LogP contribution in [0.4, 0.5) is 8.78 Å². The molecule has 0 unspecified atom stereocenters. The van der Waals surface area contributed by atoms with Crippen molar-refractivity contribution in [3.05, 3.63) is 0 Å². The average Bonchev–Trinajstić information content (AvgIpc) is 3.25. The van der Waals surface area contributed by atoms with Crippen molar-refractivity contribution in [1.29, 1.82) is 0 Å². The van der Waals surface area contributed by atoms with Crippen LogP contribution in [0.1, 0.15) is 46.0 Å². The van der Waals surface area contributed by atoms with Gasteiger partial charge in [-0.25, -0.2) is 8.78 Å². The molecule has 0 aromatic rings. The van der Waals surface area contributed by atoms with Gasteiger partial charge in [0.15, 0.2) is 0 Å². The second-order valence-electron chi connectivity index (χ2n) is 6.37. The molecule has 112 valence electrons. The van der Waals surface area contributed by atoms with Gasteiger partial charge in [-0.2, -0.15) is 0 Å². The van der Waals surface area contributed by atoms with E-state index in [1.807, 2.05) is 13.8 Å². The first kappa shape index (κ1) is 15.2. The largest absolute Gasteiger partial charge is 0.384 e. The van der Waals surface area contributed by atoms with Crippen molar-refractivity contribution in [3.8, 4) is 0 Å². The van der Waals surface area contributed by atoms with E-state index in [4.69, 9.17) is 4.74 Å². The monoisotopic (exact) mass is 275 g/mol. The van der Waals surface area contributed by atoms with Crippen molar-refractivity contribution in [1.82, 2.24) is 4.90 Å². The summed E-state index contributed by atoms with van der Waals surface area (Å²) in [5.41, 5.74) is -0.257. The first-order chi connectivity index (χ1) is 9.01. The zero-order valence-electron chi connectivity index (χ0n) is 12.5. The Bertz CT molecular complexity index is 307. The van der Waals surface area contributed by atoms with Crippen LogP contribution in [0.3, 0.4) is 0 Å². The molecule has 19 heavy (non-hydrogen) atoms. The van der Waals surface area contributed by atoms with E-state index in [0.717, 1.165) is 26.2 Å². The Morgan fingerprint density at radius 3 is 1.95 bits per heavy atom. The van der Waals surface area contributed by atoms with Crippen LogP contribution in [0.2, 0.25) is 0 Å². The molecular weight excluding hydrogens is 248 g/mol. The summed E-state index contributed by atoms with van der Waals surface area (Å²) in [6.07, 6.45) is 3.97. The lowest BCUT2D eigenvalue weighted by Gasteiger charge is -2.34. The van der Waals surface area contributed by atoms with Gasteiger partial charge < -0.3 is 9.64 Å². The summed E-state index contributed by atoms with van der Waals surface area (Å²) in [5.74, 6) is -2.36. The smallest absolute Gasteiger partial charge is 0.254 e. The minimum atomic E-state index is -2.36. The van der Waals surface area contributed by atoms with E-state index in [1.165, 1.54) is 12.8 Å². The lowest BCUT2D eigenvalue weighted by Crippen LogP contribution is -2.40. The minimum Gasteiger partial charge on any atom is -0.384 e. The highest BCUT2D eigenvalue weighted by Gasteiger charge is 2.70. The number of alkyl halides is 2. The summed E-state index contributed by atoms with van der Waals surface area (Å²) in [6, 6.07) is 0. The van der Waals surface area contributed by atoms with E-state index in [1.54, 1.807) is 7.11 Å². The summed E-state index contributed by atoms with van der Waals surface area (Å²) < 4.78 is 31.7. The molecule has 2 saturated carbocycles. The highest BCUT2D eigenvalue weighted by molar-refractivity contribution is 5.12. The van der Waals surface area contributed by atoms with Crippen molar-refractivity contribution in [2.24, 2.45) is 10.8 Å². The van der Waals surface area contributed by atoms with Gasteiger partial charge in [-0.3, -0.25) is 0 Å². The molecule has 0 radical (unpaired) electrons. The first-order valence-electron chi connectivity index (χ1n) is 7.60. The predicted molar refractivity (Wildman–Crippen MR) is 72.6 cm³/mol. The molecule has 0 aromatic carbocycles. The van der Waals surface area contributed by atoms with Crippen molar-refractivity contribution < 1.29 is 13.5 Å². The molecule has 1 spiro atoms. The van der Waals surface area contributed by atoms with Gasteiger partial charge in [0.25, 0.3) is 5.92 Å². The molecule has 4 heteroatoms. The van der Waals surface area contributed by atoms with Crippen LogP contribution in [0.25, 0.3) is 0 Å². The zero-order valence-corrected chi connectivity index (χ0v) is 12.5. The topological polar surface area (TPSA) is 12.5 Å². The number of likely N-dealkylation sites (tertiary alicyclic amines) is 1. The standard InChI is InChI=1S/C13H21F2NO.C2H6/c1-17-10-11(2-3-11)9-16-6-4-12(5-7-16)8-13(12,14)15;1-2/h2-10H2,1H3;1-2H3. The van der Waals surface area contributed by atoms with Crippen LogP contribution >= 0.6 is 0 Å². The van der Waals surface area contributed by atoms with Gasteiger partial charge in [0.2, 0.25) is 0 Å². The highest BCUT2D eigenvalue weighted by atomic mass is 19.3. The fraction of sp³-hybridized carbons (Fsp3) is 1.00. The third kappa shape index (κ3) is 2.94. The van der Waals surface area contributed by atoms with Crippen molar-refractivity contribution >= 4 is 0 Å². The summed E-state index contributed by atoms with van der Waals surface area (Å²) in [7, 11) is 1.75. The van der Waals surface area contributed by atoms with Crippen LogP contribution in [0.5, 0.6) is 0 Å². The molecule has 3 aliphatic rings. The Kier molecular flexibility index (Phi) is 4.22.